The number of carbonyl (C=O) groups is 3. The van der Waals surface area contributed by atoms with Crippen LogP contribution in [-0.2, 0) is 25.7 Å². The van der Waals surface area contributed by atoms with E-state index in [0.717, 1.165) is 6.07 Å². The standard InChI is InChI=1S/C21H23F2N3O5/c1-11(2)21(20(30)24-8-12-3-4-13(22)7-14(12)23)10-25-9-15-26(5-6-31-15)19(29)16(25)17(27)18(21)28/h3-4,7,11,15,27H,5-6,8-10H2,1-2H3,(H,24,30). The number of aliphatic hydroxyl groups excluding tert-OH is 1. The Bertz CT molecular complexity index is 995. The maximum atomic E-state index is 14.0. The first-order valence-electron chi connectivity index (χ1n) is 10.0. The number of halogens is 2. The molecule has 10 heteroatoms. The number of nitrogens with zero attached hydrogens (tertiary/aromatic N) is 2. The number of carbonyl (C=O) groups excluding carboxylic acids is 3. The van der Waals surface area contributed by atoms with Gasteiger partial charge in [0.05, 0.1) is 13.2 Å². The highest BCUT2D eigenvalue weighted by atomic mass is 19.1. The number of ether oxygens (including phenoxy) is 1. The molecule has 3 aliphatic rings. The second kappa shape index (κ2) is 7.60. The quantitative estimate of drug-likeness (QED) is 0.687. The minimum Gasteiger partial charge on any atom is -0.503 e. The van der Waals surface area contributed by atoms with E-state index in [4.69, 9.17) is 4.74 Å². The molecule has 2 unspecified atom stereocenters. The van der Waals surface area contributed by atoms with Crippen LogP contribution in [0, 0.1) is 23.0 Å². The zero-order valence-corrected chi connectivity index (χ0v) is 17.2. The maximum Gasteiger partial charge on any atom is 0.276 e. The summed E-state index contributed by atoms with van der Waals surface area (Å²) in [4.78, 5) is 42.2. The molecule has 166 valence electrons. The van der Waals surface area contributed by atoms with Crippen molar-refractivity contribution in [3.63, 3.8) is 0 Å². The third kappa shape index (κ3) is 3.25. The minimum atomic E-state index is -1.69. The fourth-order valence-electron chi connectivity index (χ4n) is 4.42. The molecule has 2 N–H and O–H groups in total. The number of hydrogen-bond donors (Lipinski definition) is 2. The summed E-state index contributed by atoms with van der Waals surface area (Å²) in [7, 11) is 0. The number of piperazine rings is 1. The molecule has 2 amide bonds. The van der Waals surface area contributed by atoms with Gasteiger partial charge in [0.15, 0.2) is 5.76 Å². The first-order chi connectivity index (χ1) is 14.7. The van der Waals surface area contributed by atoms with Crippen LogP contribution in [0.25, 0.3) is 0 Å². The number of hydrogen-bond acceptors (Lipinski definition) is 6. The van der Waals surface area contributed by atoms with Crippen molar-refractivity contribution in [3.05, 3.63) is 46.9 Å². The van der Waals surface area contributed by atoms with E-state index in [1.807, 2.05) is 0 Å². The molecule has 2 saturated heterocycles. The molecular formula is C21H23F2N3O5. The van der Waals surface area contributed by atoms with E-state index >= 15 is 0 Å². The van der Waals surface area contributed by atoms with Crippen molar-refractivity contribution >= 4 is 17.6 Å². The summed E-state index contributed by atoms with van der Waals surface area (Å²) in [6.07, 6.45) is -0.515. The topological polar surface area (TPSA) is 99.2 Å². The Morgan fingerprint density at radius 1 is 1.35 bits per heavy atom. The highest BCUT2D eigenvalue weighted by Crippen LogP contribution is 2.41. The lowest BCUT2D eigenvalue weighted by Crippen LogP contribution is -2.64. The first-order valence-corrected chi connectivity index (χ1v) is 10.0. The zero-order valence-electron chi connectivity index (χ0n) is 17.2. The zero-order chi connectivity index (χ0) is 22.5. The number of fused-ring (bicyclic) bond motifs is 2. The van der Waals surface area contributed by atoms with Gasteiger partial charge in [-0.15, -0.1) is 0 Å². The van der Waals surface area contributed by atoms with E-state index in [1.165, 1.54) is 15.9 Å². The predicted octanol–water partition coefficient (Wildman–Crippen LogP) is 1.08. The van der Waals surface area contributed by atoms with Crippen LogP contribution in [0.4, 0.5) is 8.78 Å². The molecule has 0 bridgehead atoms. The molecule has 0 aromatic heterocycles. The van der Waals surface area contributed by atoms with Gasteiger partial charge in [0.2, 0.25) is 11.7 Å². The van der Waals surface area contributed by atoms with Crippen molar-refractivity contribution in [2.24, 2.45) is 11.3 Å². The summed E-state index contributed by atoms with van der Waals surface area (Å²) in [6, 6.07) is 2.99. The SMILES string of the molecule is CC(C)C1(C(=O)NCc2ccc(F)cc2F)CN2CC3OCCN3C(=O)C2=C(O)C1=O. The number of aliphatic hydroxyl groups is 1. The van der Waals surface area contributed by atoms with Gasteiger partial charge in [0, 0.05) is 31.3 Å². The van der Waals surface area contributed by atoms with Crippen LogP contribution < -0.4 is 5.32 Å². The molecule has 1 aromatic carbocycles. The fraction of sp³-hybridized carbons (Fsp3) is 0.476. The number of Topliss-reactive ketones (excluding diaryl/α,β-unsaturated/α-hetero) is 1. The monoisotopic (exact) mass is 435 g/mol. The lowest BCUT2D eigenvalue weighted by atomic mass is 9.69. The summed E-state index contributed by atoms with van der Waals surface area (Å²) in [5, 5.41) is 13.2. The van der Waals surface area contributed by atoms with Crippen LogP contribution >= 0.6 is 0 Å². The first kappa shape index (κ1) is 21.2. The molecule has 2 fully saturated rings. The van der Waals surface area contributed by atoms with Crippen molar-refractivity contribution in [3.8, 4) is 0 Å². The summed E-state index contributed by atoms with van der Waals surface area (Å²) in [5.41, 5.74) is -1.76. The summed E-state index contributed by atoms with van der Waals surface area (Å²) in [6.45, 7) is 3.87. The molecule has 31 heavy (non-hydrogen) atoms. The van der Waals surface area contributed by atoms with Gasteiger partial charge in [0.1, 0.15) is 29.0 Å². The predicted molar refractivity (Wildman–Crippen MR) is 103 cm³/mol. The Morgan fingerprint density at radius 2 is 2.10 bits per heavy atom. The molecule has 0 aliphatic carbocycles. The number of benzene rings is 1. The smallest absolute Gasteiger partial charge is 0.276 e. The molecule has 0 spiro atoms. The third-order valence-electron chi connectivity index (χ3n) is 6.28. The molecule has 3 aliphatic heterocycles. The lowest BCUT2D eigenvalue weighted by Gasteiger charge is -2.47. The van der Waals surface area contributed by atoms with Crippen molar-refractivity contribution < 1.29 is 33.0 Å². The van der Waals surface area contributed by atoms with E-state index in [9.17, 15) is 28.3 Å². The van der Waals surface area contributed by atoms with Crippen LogP contribution in [0.5, 0.6) is 0 Å². The van der Waals surface area contributed by atoms with Gasteiger partial charge in [-0.1, -0.05) is 19.9 Å². The van der Waals surface area contributed by atoms with Gasteiger partial charge in [-0.05, 0) is 12.0 Å². The van der Waals surface area contributed by atoms with Gasteiger partial charge >= 0.3 is 0 Å². The van der Waals surface area contributed by atoms with E-state index in [0.29, 0.717) is 19.2 Å². The van der Waals surface area contributed by atoms with Gasteiger partial charge in [-0.25, -0.2) is 8.78 Å². The van der Waals surface area contributed by atoms with Crippen LogP contribution in [-0.4, -0.2) is 65.0 Å². The molecule has 0 radical (unpaired) electrons. The normalized spacial score (nSPS) is 25.8. The average molecular weight is 435 g/mol. The van der Waals surface area contributed by atoms with E-state index < -0.39 is 52.6 Å². The Hall–Kier alpha value is -3.01. The number of amides is 2. The summed E-state index contributed by atoms with van der Waals surface area (Å²) >= 11 is 0. The second-order valence-electron chi connectivity index (χ2n) is 8.28. The van der Waals surface area contributed by atoms with Crippen LogP contribution in [0.1, 0.15) is 19.4 Å². The van der Waals surface area contributed by atoms with E-state index in [-0.39, 0.29) is 30.9 Å². The molecular weight excluding hydrogens is 412 g/mol. The van der Waals surface area contributed by atoms with Crippen molar-refractivity contribution in [2.45, 2.75) is 26.6 Å². The number of rotatable bonds is 4. The Labute approximate surface area is 177 Å². The third-order valence-corrected chi connectivity index (χ3v) is 6.28. The highest BCUT2D eigenvalue weighted by molar-refractivity contribution is 6.17. The van der Waals surface area contributed by atoms with Crippen molar-refractivity contribution in [2.75, 3.05) is 26.2 Å². The molecule has 2 atom stereocenters. The molecule has 0 saturated carbocycles. The van der Waals surface area contributed by atoms with E-state index in [2.05, 4.69) is 5.32 Å². The van der Waals surface area contributed by atoms with Gasteiger partial charge < -0.3 is 25.0 Å². The lowest BCUT2D eigenvalue weighted by molar-refractivity contribution is -0.155. The second-order valence-corrected chi connectivity index (χ2v) is 8.28. The molecule has 4 rings (SSSR count). The average Bonchev–Trinajstić information content (AvgIpc) is 3.18. The molecule has 1 aromatic rings. The number of nitrogens with one attached hydrogen (secondary N) is 1. The largest absolute Gasteiger partial charge is 0.503 e. The number of ketones is 1. The molecule has 3 heterocycles. The Balaban J connectivity index is 1.64. The van der Waals surface area contributed by atoms with Crippen LogP contribution in [0.3, 0.4) is 0 Å². The van der Waals surface area contributed by atoms with Crippen LogP contribution in [0.15, 0.2) is 29.7 Å². The minimum absolute atomic E-state index is 0.0560. The number of allylic oxidation sites excluding steroid dienone is 1. The van der Waals surface area contributed by atoms with Crippen molar-refractivity contribution in [1.82, 2.24) is 15.1 Å². The van der Waals surface area contributed by atoms with Gasteiger partial charge in [-0.3, -0.25) is 14.4 Å². The van der Waals surface area contributed by atoms with Gasteiger partial charge in [0.25, 0.3) is 5.91 Å². The fourth-order valence-corrected chi connectivity index (χ4v) is 4.42. The van der Waals surface area contributed by atoms with Crippen molar-refractivity contribution in [1.29, 1.82) is 0 Å². The summed E-state index contributed by atoms with van der Waals surface area (Å²) < 4.78 is 32.6. The summed E-state index contributed by atoms with van der Waals surface area (Å²) in [5.74, 6) is -4.92. The Kier molecular flexibility index (Phi) is 5.20. The maximum absolute atomic E-state index is 14.0. The highest BCUT2D eigenvalue weighted by Gasteiger charge is 2.58. The van der Waals surface area contributed by atoms with Gasteiger partial charge in [-0.2, -0.15) is 0 Å². The van der Waals surface area contributed by atoms with Crippen LogP contribution in [0.2, 0.25) is 0 Å². The van der Waals surface area contributed by atoms with E-state index in [1.54, 1.807) is 13.8 Å². The Morgan fingerprint density at radius 3 is 2.77 bits per heavy atom. The molecule has 8 nitrogen and oxygen atoms in total.